The molecular formula is C24H22N6OS. The van der Waals surface area contributed by atoms with Crippen LogP contribution in [0, 0.1) is 0 Å². The second-order valence-corrected chi connectivity index (χ2v) is 9.35. The lowest BCUT2D eigenvalue weighted by molar-refractivity contribution is 0.102. The molecule has 1 saturated heterocycles. The van der Waals surface area contributed by atoms with Crippen LogP contribution in [0.4, 0.5) is 0 Å². The first-order valence-corrected chi connectivity index (χ1v) is 11.6. The fourth-order valence-electron chi connectivity index (χ4n) is 4.51. The molecule has 0 atom stereocenters. The Morgan fingerprint density at radius 3 is 2.81 bits per heavy atom. The van der Waals surface area contributed by atoms with Crippen LogP contribution in [0.1, 0.15) is 40.9 Å². The third-order valence-corrected chi connectivity index (χ3v) is 7.44. The number of Topliss-reactive ketones (excluding diaryl/α,β-unsaturated/α-hetero) is 1. The Balaban J connectivity index is 1.44. The molecule has 0 bridgehead atoms. The minimum absolute atomic E-state index is 0.0711. The normalized spacial score (nSPS) is 15.0. The van der Waals surface area contributed by atoms with Crippen molar-refractivity contribution in [3.63, 3.8) is 0 Å². The van der Waals surface area contributed by atoms with Gasteiger partial charge in [0.2, 0.25) is 0 Å². The Kier molecular flexibility index (Phi) is 4.62. The van der Waals surface area contributed by atoms with E-state index in [1.807, 2.05) is 18.2 Å². The summed E-state index contributed by atoms with van der Waals surface area (Å²) in [4.78, 5) is 26.2. The number of hydrogen-bond acceptors (Lipinski definition) is 6. The van der Waals surface area contributed by atoms with Crippen LogP contribution < -0.4 is 5.32 Å². The zero-order chi connectivity index (χ0) is 21.7. The van der Waals surface area contributed by atoms with Gasteiger partial charge in [0.25, 0.3) is 0 Å². The maximum absolute atomic E-state index is 11.7. The van der Waals surface area contributed by atoms with E-state index < -0.39 is 0 Å². The average molecular weight is 443 g/mol. The van der Waals surface area contributed by atoms with Crippen LogP contribution in [-0.2, 0) is 0 Å². The molecule has 4 aromatic heterocycles. The minimum Gasteiger partial charge on any atom is -0.321 e. The van der Waals surface area contributed by atoms with Crippen LogP contribution in [0.3, 0.4) is 0 Å². The summed E-state index contributed by atoms with van der Waals surface area (Å²) >= 11 is 1.48. The number of pyridine rings is 1. The number of H-pyrrole nitrogens is 2. The van der Waals surface area contributed by atoms with Crippen molar-refractivity contribution in [2.24, 2.45) is 0 Å². The van der Waals surface area contributed by atoms with Crippen molar-refractivity contribution in [3.05, 3.63) is 53.0 Å². The molecule has 3 N–H and O–H groups in total. The molecule has 0 aliphatic carbocycles. The quantitative estimate of drug-likeness (QED) is 0.344. The van der Waals surface area contributed by atoms with Crippen LogP contribution in [0.5, 0.6) is 0 Å². The maximum Gasteiger partial charge on any atom is 0.169 e. The number of aromatic amines is 2. The summed E-state index contributed by atoms with van der Waals surface area (Å²) in [5, 5.41) is 12.2. The van der Waals surface area contributed by atoms with E-state index >= 15 is 0 Å². The van der Waals surface area contributed by atoms with Crippen molar-refractivity contribution < 1.29 is 4.79 Å². The molecule has 0 unspecified atom stereocenters. The highest BCUT2D eigenvalue weighted by atomic mass is 32.1. The maximum atomic E-state index is 11.7. The number of aromatic nitrogens is 5. The average Bonchev–Trinajstić information content (AvgIpc) is 3.56. The highest BCUT2D eigenvalue weighted by Gasteiger charge is 2.20. The Bertz CT molecular complexity index is 1460. The van der Waals surface area contributed by atoms with Gasteiger partial charge >= 0.3 is 0 Å². The van der Waals surface area contributed by atoms with Gasteiger partial charge in [-0.2, -0.15) is 5.10 Å². The highest BCUT2D eigenvalue weighted by Crippen LogP contribution is 2.35. The van der Waals surface area contributed by atoms with Gasteiger partial charge in [-0.1, -0.05) is 6.07 Å². The molecule has 7 nitrogen and oxygen atoms in total. The van der Waals surface area contributed by atoms with E-state index in [2.05, 4.69) is 43.7 Å². The molecule has 8 heteroatoms. The zero-order valence-corrected chi connectivity index (χ0v) is 18.4. The van der Waals surface area contributed by atoms with Crippen molar-refractivity contribution >= 4 is 39.2 Å². The number of fused-ring (bicyclic) bond motifs is 2. The summed E-state index contributed by atoms with van der Waals surface area (Å²) in [6.45, 7) is 3.71. The van der Waals surface area contributed by atoms with Gasteiger partial charge in [0.15, 0.2) is 17.3 Å². The van der Waals surface area contributed by atoms with Gasteiger partial charge in [0.1, 0.15) is 11.2 Å². The lowest BCUT2D eigenvalue weighted by atomic mass is 9.89. The van der Waals surface area contributed by atoms with E-state index in [4.69, 9.17) is 4.98 Å². The number of rotatable bonds is 4. The number of nitrogens with one attached hydrogen (secondary N) is 3. The van der Waals surface area contributed by atoms with Gasteiger partial charge in [0, 0.05) is 22.0 Å². The third-order valence-electron chi connectivity index (χ3n) is 6.22. The molecule has 1 aliphatic rings. The molecule has 1 aromatic carbocycles. The number of carbonyl (C=O) groups excluding carboxylic acids is 1. The molecule has 160 valence electrons. The number of nitrogens with zero attached hydrogens (tertiary/aromatic N) is 3. The van der Waals surface area contributed by atoms with Crippen molar-refractivity contribution in [1.29, 1.82) is 0 Å². The van der Waals surface area contributed by atoms with Gasteiger partial charge in [-0.15, -0.1) is 11.3 Å². The first kappa shape index (κ1) is 19.3. The van der Waals surface area contributed by atoms with Crippen molar-refractivity contribution in [1.82, 2.24) is 30.5 Å². The molecule has 6 rings (SSSR count). The Labute approximate surface area is 188 Å². The number of piperidine rings is 1. The molecule has 0 spiro atoms. The monoisotopic (exact) mass is 442 g/mol. The predicted octanol–water partition coefficient (Wildman–Crippen LogP) is 4.90. The summed E-state index contributed by atoms with van der Waals surface area (Å²) in [6, 6.07) is 12.4. The molecule has 0 amide bonds. The van der Waals surface area contributed by atoms with Crippen molar-refractivity contribution in [2.75, 3.05) is 13.1 Å². The first-order valence-electron chi connectivity index (χ1n) is 10.8. The van der Waals surface area contributed by atoms with E-state index in [0.29, 0.717) is 17.4 Å². The number of carbonyl (C=O) groups is 1. The van der Waals surface area contributed by atoms with Crippen LogP contribution in [0.2, 0.25) is 0 Å². The van der Waals surface area contributed by atoms with Crippen molar-refractivity contribution in [3.8, 4) is 22.0 Å². The summed E-state index contributed by atoms with van der Waals surface area (Å²) in [6.07, 6.45) is 4.07. The van der Waals surface area contributed by atoms with Gasteiger partial charge < -0.3 is 10.3 Å². The molecule has 32 heavy (non-hydrogen) atoms. The summed E-state index contributed by atoms with van der Waals surface area (Å²) < 4.78 is 0. The molecule has 0 radical (unpaired) electrons. The van der Waals surface area contributed by atoms with E-state index in [0.717, 1.165) is 63.4 Å². The van der Waals surface area contributed by atoms with Crippen LogP contribution in [0.25, 0.3) is 44.0 Å². The molecule has 1 fully saturated rings. The Morgan fingerprint density at radius 1 is 1.12 bits per heavy atom. The molecular weight excluding hydrogens is 420 g/mol. The van der Waals surface area contributed by atoms with Gasteiger partial charge in [0.05, 0.1) is 10.4 Å². The van der Waals surface area contributed by atoms with E-state index in [-0.39, 0.29) is 5.78 Å². The topological polar surface area (TPSA) is 99.4 Å². The van der Waals surface area contributed by atoms with E-state index in [1.54, 1.807) is 13.1 Å². The smallest absolute Gasteiger partial charge is 0.169 e. The van der Waals surface area contributed by atoms with E-state index in [9.17, 15) is 4.79 Å². The van der Waals surface area contributed by atoms with Gasteiger partial charge in [-0.25, -0.2) is 9.97 Å². The van der Waals surface area contributed by atoms with Crippen molar-refractivity contribution in [2.45, 2.75) is 25.7 Å². The van der Waals surface area contributed by atoms with Crippen LogP contribution >= 0.6 is 11.3 Å². The minimum atomic E-state index is 0.0711. The summed E-state index contributed by atoms with van der Waals surface area (Å²) in [5.74, 6) is 1.33. The SMILES string of the molecule is CC(=O)c1ccc(-c2ccnc3[nH]c(-c4n[nH]c5ccc(C6CCNCC6)cc45)nc23)s1. The summed E-state index contributed by atoms with van der Waals surface area (Å²) in [7, 11) is 0. The second-order valence-electron chi connectivity index (χ2n) is 8.26. The molecule has 5 heterocycles. The molecule has 1 aliphatic heterocycles. The van der Waals surface area contributed by atoms with Crippen LogP contribution in [-0.4, -0.2) is 44.0 Å². The van der Waals surface area contributed by atoms with Gasteiger partial charge in [-0.3, -0.25) is 9.89 Å². The van der Waals surface area contributed by atoms with Gasteiger partial charge in [-0.05, 0) is 74.7 Å². The van der Waals surface area contributed by atoms with E-state index in [1.165, 1.54) is 16.9 Å². The number of ketones is 1. The fraction of sp³-hybridized carbons (Fsp3) is 0.250. The third kappa shape index (κ3) is 3.23. The Hall–Kier alpha value is -3.36. The Morgan fingerprint density at radius 2 is 2.00 bits per heavy atom. The summed E-state index contributed by atoms with van der Waals surface area (Å²) in [5.41, 5.74) is 5.61. The predicted molar refractivity (Wildman–Crippen MR) is 127 cm³/mol. The molecule has 5 aromatic rings. The number of imidazole rings is 1. The van der Waals surface area contributed by atoms with Crippen LogP contribution in [0.15, 0.2) is 42.6 Å². The first-order chi connectivity index (χ1) is 15.7. The zero-order valence-electron chi connectivity index (χ0n) is 17.6. The molecule has 0 saturated carbocycles. The number of benzene rings is 1. The number of hydrogen-bond donors (Lipinski definition) is 3. The number of thiophene rings is 1. The highest BCUT2D eigenvalue weighted by molar-refractivity contribution is 7.17. The lowest BCUT2D eigenvalue weighted by Gasteiger charge is -2.23. The second kappa shape index (κ2) is 7.65. The largest absolute Gasteiger partial charge is 0.321 e. The lowest BCUT2D eigenvalue weighted by Crippen LogP contribution is -2.26. The standard InChI is InChI=1S/C24H22N6OS/c1-13(31)19-4-5-20(32-19)16-8-11-26-23-21(16)27-24(28-23)22-17-12-15(2-3-18(17)29-30-22)14-6-9-25-10-7-14/h2-5,8,11-12,14,25H,6-7,9-10H2,1H3,(H,29,30)(H,26,27,28). The fourth-order valence-corrected chi connectivity index (χ4v) is 5.44.